The lowest BCUT2D eigenvalue weighted by atomic mass is 9.89. The first-order valence-corrected chi connectivity index (χ1v) is 15.8. The Morgan fingerprint density at radius 3 is 1.74 bits per heavy atom. The van der Waals surface area contributed by atoms with Gasteiger partial charge in [0, 0.05) is 33.6 Å². The number of fused-ring (bicyclic) bond motifs is 3. The molecule has 0 fully saturated rings. The summed E-state index contributed by atoms with van der Waals surface area (Å²) < 4.78 is 0. The lowest BCUT2D eigenvalue weighted by Gasteiger charge is -2.34. The van der Waals surface area contributed by atoms with Crippen molar-refractivity contribution in [3.05, 3.63) is 182 Å². The zero-order valence-corrected chi connectivity index (χ0v) is 25.2. The Hall–Kier alpha value is -6.12. The summed E-state index contributed by atoms with van der Waals surface area (Å²) in [4.78, 5) is 4.80. The number of anilines is 6. The molecule has 0 saturated carbocycles. The van der Waals surface area contributed by atoms with E-state index in [9.17, 15) is 0 Å². The molecule has 0 bridgehead atoms. The predicted molar refractivity (Wildman–Crippen MR) is 195 cm³/mol. The fourth-order valence-corrected chi connectivity index (χ4v) is 7.05. The van der Waals surface area contributed by atoms with Crippen molar-refractivity contribution in [2.75, 3.05) is 9.80 Å². The molecule has 46 heavy (non-hydrogen) atoms. The van der Waals surface area contributed by atoms with Crippen molar-refractivity contribution in [1.29, 1.82) is 0 Å². The Bertz CT molecular complexity index is 2350. The summed E-state index contributed by atoms with van der Waals surface area (Å²) in [6, 6.07) is 65.7. The highest BCUT2D eigenvalue weighted by atomic mass is 15.2. The summed E-state index contributed by atoms with van der Waals surface area (Å²) in [5, 5.41) is 5.04. The van der Waals surface area contributed by atoms with Gasteiger partial charge in [-0.2, -0.15) is 0 Å². The van der Waals surface area contributed by atoms with Crippen molar-refractivity contribution in [2.45, 2.75) is 0 Å². The smallest absolute Gasteiger partial charge is 0.0546 e. The van der Waals surface area contributed by atoms with Crippen LogP contribution in [0.3, 0.4) is 0 Å². The fourth-order valence-electron chi connectivity index (χ4n) is 7.05. The van der Waals surface area contributed by atoms with Crippen LogP contribution in [-0.2, 0) is 0 Å². The topological polar surface area (TPSA) is 6.48 Å². The second-order valence-corrected chi connectivity index (χ2v) is 11.8. The van der Waals surface area contributed by atoms with Gasteiger partial charge in [0.05, 0.1) is 17.1 Å². The standard InChI is InChI=1S/C44H30N2/c1-3-13-31(14-4-1)38-21-9-10-23-41(38)45(35-19-5-2-6-20-35)36-25-27-37(28-26-36)46-42-24-12-18-32-17-11-22-39(44(32)42)40-29-33-15-7-8-16-34(33)30-43(40)46/h1-30H. The number of para-hydroxylation sites is 2. The second kappa shape index (κ2) is 10.8. The Kier molecular flexibility index (Phi) is 6.17. The molecule has 2 heteroatoms. The van der Waals surface area contributed by atoms with Crippen LogP contribution < -0.4 is 9.80 Å². The zero-order valence-electron chi connectivity index (χ0n) is 25.2. The van der Waals surface area contributed by atoms with Crippen LogP contribution in [0.2, 0.25) is 0 Å². The van der Waals surface area contributed by atoms with Crippen LogP contribution in [0.1, 0.15) is 0 Å². The molecule has 1 aliphatic heterocycles. The number of nitrogens with zero attached hydrogens (tertiary/aromatic N) is 2. The molecule has 0 atom stereocenters. The van der Waals surface area contributed by atoms with E-state index in [1.54, 1.807) is 0 Å². The molecular formula is C44H30N2. The predicted octanol–water partition coefficient (Wildman–Crippen LogP) is 12.6. The van der Waals surface area contributed by atoms with Crippen LogP contribution in [0.15, 0.2) is 182 Å². The number of benzene rings is 8. The van der Waals surface area contributed by atoms with Gasteiger partial charge in [-0.15, -0.1) is 0 Å². The first-order valence-electron chi connectivity index (χ1n) is 15.8. The van der Waals surface area contributed by atoms with Gasteiger partial charge in [-0.1, -0.05) is 121 Å². The Labute approximate surface area is 269 Å². The molecule has 8 aromatic rings. The largest absolute Gasteiger partial charge is 0.310 e. The number of rotatable bonds is 5. The quantitative estimate of drug-likeness (QED) is 0.198. The summed E-state index contributed by atoms with van der Waals surface area (Å²) in [6.07, 6.45) is 0. The van der Waals surface area contributed by atoms with Gasteiger partial charge in [0.2, 0.25) is 0 Å². The van der Waals surface area contributed by atoms with E-state index in [1.165, 1.54) is 55.2 Å². The Morgan fingerprint density at radius 2 is 0.957 bits per heavy atom. The maximum atomic E-state index is 2.44. The molecule has 2 nitrogen and oxygen atoms in total. The van der Waals surface area contributed by atoms with Crippen LogP contribution in [0.4, 0.5) is 34.1 Å². The molecule has 0 aliphatic carbocycles. The molecule has 9 rings (SSSR count). The van der Waals surface area contributed by atoms with Crippen molar-refractivity contribution in [2.24, 2.45) is 0 Å². The number of hydrogen-bond donors (Lipinski definition) is 0. The van der Waals surface area contributed by atoms with E-state index in [1.807, 2.05) is 0 Å². The molecule has 0 spiro atoms. The van der Waals surface area contributed by atoms with Crippen molar-refractivity contribution in [3.63, 3.8) is 0 Å². The normalized spacial score (nSPS) is 11.9. The summed E-state index contributed by atoms with van der Waals surface area (Å²) in [5.41, 5.74) is 11.8. The van der Waals surface area contributed by atoms with Crippen LogP contribution in [-0.4, -0.2) is 0 Å². The zero-order chi connectivity index (χ0) is 30.5. The van der Waals surface area contributed by atoms with E-state index < -0.39 is 0 Å². The van der Waals surface area contributed by atoms with Gasteiger partial charge in [-0.25, -0.2) is 0 Å². The minimum Gasteiger partial charge on any atom is -0.310 e. The fraction of sp³-hybridized carbons (Fsp3) is 0. The summed E-state index contributed by atoms with van der Waals surface area (Å²) in [6.45, 7) is 0. The van der Waals surface area contributed by atoms with Crippen molar-refractivity contribution in [3.8, 4) is 22.3 Å². The molecule has 0 unspecified atom stereocenters. The minimum absolute atomic E-state index is 1.10. The third-order valence-electron chi connectivity index (χ3n) is 9.13. The lowest BCUT2D eigenvalue weighted by Crippen LogP contribution is -2.15. The highest BCUT2D eigenvalue weighted by Gasteiger charge is 2.27. The van der Waals surface area contributed by atoms with E-state index >= 15 is 0 Å². The van der Waals surface area contributed by atoms with Gasteiger partial charge in [0.25, 0.3) is 0 Å². The molecule has 0 radical (unpaired) electrons. The first kappa shape index (κ1) is 26.3. The Morgan fingerprint density at radius 1 is 0.370 bits per heavy atom. The van der Waals surface area contributed by atoms with Crippen LogP contribution >= 0.6 is 0 Å². The molecule has 1 heterocycles. The molecule has 0 saturated heterocycles. The molecule has 216 valence electrons. The third-order valence-corrected chi connectivity index (χ3v) is 9.13. The maximum absolute atomic E-state index is 2.44. The van der Waals surface area contributed by atoms with E-state index in [-0.39, 0.29) is 0 Å². The SMILES string of the molecule is c1ccc(-c2ccccc2N(c2ccccc2)c2ccc(N3c4cc5ccccc5cc4-c4cccc5cccc3c45)cc2)cc1. The molecular weight excluding hydrogens is 556 g/mol. The van der Waals surface area contributed by atoms with Crippen LogP contribution in [0.25, 0.3) is 43.8 Å². The monoisotopic (exact) mass is 586 g/mol. The summed E-state index contributed by atoms with van der Waals surface area (Å²) in [5.74, 6) is 0. The van der Waals surface area contributed by atoms with Gasteiger partial charge in [-0.05, 0) is 87.9 Å². The number of hydrogen-bond acceptors (Lipinski definition) is 2. The van der Waals surface area contributed by atoms with Crippen molar-refractivity contribution < 1.29 is 0 Å². The van der Waals surface area contributed by atoms with Gasteiger partial charge in [-0.3, -0.25) is 0 Å². The highest BCUT2D eigenvalue weighted by Crippen LogP contribution is 2.52. The third kappa shape index (κ3) is 4.27. The van der Waals surface area contributed by atoms with Crippen LogP contribution in [0.5, 0.6) is 0 Å². The van der Waals surface area contributed by atoms with E-state index in [0.29, 0.717) is 0 Å². The molecule has 0 N–H and O–H groups in total. The molecule has 0 amide bonds. The van der Waals surface area contributed by atoms with Crippen molar-refractivity contribution >= 4 is 55.7 Å². The molecule has 8 aromatic carbocycles. The van der Waals surface area contributed by atoms with E-state index in [4.69, 9.17) is 0 Å². The second-order valence-electron chi connectivity index (χ2n) is 11.8. The first-order chi connectivity index (χ1) is 22.8. The van der Waals surface area contributed by atoms with Gasteiger partial charge in [0.15, 0.2) is 0 Å². The minimum atomic E-state index is 1.10. The summed E-state index contributed by atoms with van der Waals surface area (Å²) >= 11 is 0. The van der Waals surface area contributed by atoms with Gasteiger partial charge < -0.3 is 9.80 Å². The average molecular weight is 587 g/mol. The van der Waals surface area contributed by atoms with Crippen LogP contribution in [0, 0.1) is 0 Å². The van der Waals surface area contributed by atoms with E-state index in [2.05, 4.69) is 192 Å². The summed E-state index contributed by atoms with van der Waals surface area (Å²) in [7, 11) is 0. The molecule has 0 aromatic heterocycles. The lowest BCUT2D eigenvalue weighted by molar-refractivity contribution is 1.26. The average Bonchev–Trinajstić information content (AvgIpc) is 3.13. The highest BCUT2D eigenvalue weighted by molar-refractivity contribution is 6.15. The van der Waals surface area contributed by atoms with Gasteiger partial charge in [0.1, 0.15) is 0 Å². The molecule has 1 aliphatic rings. The van der Waals surface area contributed by atoms with Gasteiger partial charge >= 0.3 is 0 Å². The van der Waals surface area contributed by atoms with E-state index in [0.717, 1.165) is 22.7 Å². The maximum Gasteiger partial charge on any atom is 0.0546 e. The van der Waals surface area contributed by atoms with Crippen molar-refractivity contribution in [1.82, 2.24) is 0 Å². The Balaban J connectivity index is 1.22.